The zero-order valence-corrected chi connectivity index (χ0v) is 15.4. The Hall–Kier alpha value is -1.63. The first-order valence-corrected chi connectivity index (χ1v) is 8.91. The van der Waals surface area contributed by atoms with E-state index in [1.54, 1.807) is 0 Å². The van der Waals surface area contributed by atoms with E-state index in [1.165, 1.54) is 0 Å². The number of hydrogen-bond acceptors (Lipinski definition) is 3. The van der Waals surface area contributed by atoms with Crippen molar-refractivity contribution in [1.29, 1.82) is 0 Å². The van der Waals surface area contributed by atoms with Crippen molar-refractivity contribution in [2.45, 2.75) is 13.5 Å². The number of rotatable bonds is 5. The number of nitrogens with two attached hydrogens (primary N) is 1. The van der Waals surface area contributed by atoms with Crippen molar-refractivity contribution in [3.05, 3.63) is 46.1 Å². The molecular formula is C18H22BrN3O2. The van der Waals surface area contributed by atoms with Gasteiger partial charge in [0.1, 0.15) is 0 Å². The zero-order chi connectivity index (χ0) is 17.1. The molecule has 2 N–H and O–H groups in total. The van der Waals surface area contributed by atoms with E-state index in [4.69, 9.17) is 10.5 Å². The molecule has 6 heteroatoms. The zero-order valence-electron chi connectivity index (χ0n) is 13.8. The van der Waals surface area contributed by atoms with Gasteiger partial charge in [-0.2, -0.15) is 0 Å². The van der Waals surface area contributed by atoms with Crippen molar-refractivity contribution in [3.63, 3.8) is 0 Å². The van der Waals surface area contributed by atoms with E-state index in [-0.39, 0.29) is 5.91 Å². The van der Waals surface area contributed by atoms with Gasteiger partial charge in [0, 0.05) is 42.0 Å². The molecule has 2 heterocycles. The monoisotopic (exact) mass is 391 g/mol. The van der Waals surface area contributed by atoms with Gasteiger partial charge in [0.2, 0.25) is 0 Å². The van der Waals surface area contributed by atoms with E-state index in [0.29, 0.717) is 5.56 Å². The molecule has 1 saturated heterocycles. The van der Waals surface area contributed by atoms with Crippen LogP contribution in [0.1, 0.15) is 16.1 Å². The van der Waals surface area contributed by atoms with Gasteiger partial charge in [-0.25, -0.2) is 0 Å². The summed E-state index contributed by atoms with van der Waals surface area (Å²) in [4.78, 5) is 14.2. The third kappa shape index (κ3) is 3.71. The van der Waals surface area contributed by atoms with Crippen LogP contribution in [0, 0.1) is 6.92 Å². The summed E-state index contributed by atoms with van der Waals surface area (Å²) in [5.41, 5.74) is 9.16. The Kier molecular flexibility index (Phi) is 5.38. The first-order valence-electron chi connectivity index (χ1n) is 8.12. The Morgan fingerprint density at radius 3 is 2.67 bits per heavy atom. The lowest BCUT2D eigenvalue weighted by Crippen LogP contribution is -2.38. The van der Waals surface area contributed by atoms with Crippen LogP contribution in [-0.4, -0.2) is 48.2 Å². The molecule has 128 valence electrons. The summed E-state index contributed by atoms with van der Waals surface area (Å²) in [5.74, 6) is -0.381. The van der Waals surface area contributed by atoms with Crippen LogP contribution in [0.3, 0.4) is 0 Å². The summed E-state index contributed by atoms with van der Waals surface area (Å²) < 4.78 is 8.61. The molecule has 1 aliphatic rings. The van der Waals surface area contributed by atoms with Gasteiger partial charge < -0.3 is 15.0 Å². The van der Waals surface area contributed by atoms with Gasteiger partial charge in [0.15, 0.2) is 0 Å². The Balaban J connectivity index is 1.91. The molecule has 1 aromatic heterocycles. The van der Waals surface area contributed by atoms with E-state index in [0.717, 1.165) is 60.8 Å². The third-order valence-corrected chi connectivity index (χ3v) is 4.99. The summed E-state index contributed by atoms with van der Waals surface area (Å²) >= 11 is 3.52. The smallest absolute Gasteiger partial charge is 0.250 e. The molecule has 0 bridgehead atoms. The van der Waals surface area contributed by atoms with Gasteiger partial charge in [-0.1, -0.05) is 28.1 Å². The Labute approximate surface area is 150 Å². The lowest BCUT2D eigenvalue weighted by molar-refractivity contribution is 0.0364. The molecule has 1 amide bonds. The molecule has 0 unspecified atom stereocenters. The number of hydrogen-bond donors (Lipinski definition) is 1. The maximum Gasteiger partial charge on any atom is 0.250 e. The van der Waals surface area contributed by atoms with Gasteiger partial charge in [-0.15, -0.1) is 0 Å². The van der Waals surface area contributed by atoms with E-state index >= 15 is 0 Å². The molecule has 5 nitrogen and oxygen atoms in total. The highest BCUT2D eigenvalue weighted by molar-refractivity contribution is 9.10. The average Bonchev–Trinajstić information content (AvgIpc) is 2.91. The number of aromatic nitrogens is 1. The molecule has 0 aliphatic carbocycles. The first-order chi connectivity index (χ1) is 11.6. The number of carbonyl (C=O) groups excluding carboxylic acids is 1. The normalized spacial score (nSPS) is 15.6. The Bertz CT molecular complexity index is 736. The number of amides is 1. The minimum atomic E-state index is -0.381. The van der Waals surface area contributed by atoms with Crippen molar-refractivity contribution >= 4 is 21.8 Å². The highest BCUT2D eigenvalue weighted by Gasteiger charge is 2.18. The fourth-order valence-electron chi connectivity index (χ4n) is 3.14. The molecule has 0 saturated carbocycles. The van der Waals surface area contributed by atoms with E-state index in [9.17, 15) is 4.79 Å². The molecule has 1 aromatic carbocycles. The molecule has 1 fully saturated rings. The first kappa shape index (κ1) is 17.2. The van der Waals surface area contributed by atoms with Gasteiger partial charge in [-0.3, -0.25) is 9.69 Å². The number of morpholine rings is 1. The van der Waals surface area contributed by atoms with Crippen molar-refractivity contribution in [3.8, 4) is 11.3 Å². The van der Waals surface area contributed by atoms with Gasteiger partial charge in [0.25, 0.3) is 5.91 Å². The van der Waals surface area contributed by atoms with Crippen LogP contribution in [0.15, 0.2) is 34.8 Å². The molecule has 0 radical (unpaired) electrons. The van der Waals surface area contributed by atoms with Gasteiger partial charge in [-0.05, 0) is 30.7 Å². The summed E-state index contributed by atoms with van der Waals surface area (Å²) in [6.07, 6.45) is 0. The Morgan fingerprint density at radius 1 is 1.25 bits per heavy atom. The van der Waals surface area contributed by atoms with Crippen molar-refractivity contribution in [1.82, 2.24) is 9.47 Å². The predicted octanol–water partition coefficient (Wildman–Crippen LogP) is 2.66. The second-order valence-corrected chi connectivity index (χ2v) is 6.92. The number of ether oxygens (including phenoxy) is 1. The predicted molar refractivity (Wildman–Crippen MR) is 98.1 cm³/mol. The maximum atomic E-state index is 11.8. The number of primary amides is 1. The number of nitrogens with zero attached hydrogens (tertiary/aromatic N) is 2. The Morgan fingerprint density at radius 2 is 2.00 bits per heavy atom. The van der Waals surface area contributed by atoms with Crippen LogP contribution in [0.2, 0.25) is 0 Å². The molecule has 1 aliphatic heterocycles. The molecule has 0 spiro atoms. The molecule has 3 rings (SSSR count). The van der Waals surface area contributed by atoms with Crippen LogP contribution < -0.4 is 5.73 Å². The van der Waals surface area contributed by atoms with Crippen LogP contribution in [0.4, 0.5) is 0 Å². The average molecular weight is 392 g/mol. The highest BCUT2D eigenvalue weighted by atomic mass is 79.9. The van der Waals surface area contributed by atoms with Gasteiger partial charge in [0.05, 0.1) is 18.8 Å². The van der Waals surface area contributed by atoms with E-state index < -0.39 is 0 Å². The minimum Gasteiger partial charge on any atom is -0.379 e. The lowest BCUT2D eigenvalue weighted by Gasteiger charge is -2.27. The topological polar surface area (TPSA) is 60.5 Å². The SMILES string of the molecule is Cc1c(C(N)=O)cc(-c2cccc(Br)c2)n1CCN1CCOCC1. The fraction of sp³-hybridized carbons (Fsp3) is 0.389. The fourth-order valence-corrected chi connectivity index (χ4v) is 3.54. The second-order valence-electron chi connectivity index (χ2n) is 6.01. The highest BCUT2D eigenvalue weighted by Crippen LogP contribution is 2.28. The molecule has 0 atom stereocenters. The van der Waals surface area contributed by atoms with Crippen LogP contribution in [0.25, 0.3) is 11.3 Å². The number of halogens is 1. The van der Waals surface area contributed by atoms with Crippen LogP contribution in [0.5, 0.6) is 0 Å². The summed E-state index contributed by atoms with van der Waals surface area (Å²) in [5, 5.41) is 0. The van der Waals surface area contributed by atoms with E-state index in [1.807, 2.05) is 25.1 Å². The van der Waals surface area contributed by atoms with Crippen molar-refractivity contribution < 1.29 is 9.53 Å². The van der Waals surface area contributed by atoms with Gasteiger partial charge >= 0.3 is 0 Å². The number of benzene rings is 1. The lowest BCUT2D eigenvalue weighted by atomic mass is 10.1. The van der Waals surface area contributed by atoms with Crippen LogP contribution in [-0.2, 0) is 11.3 Å². The summed E-state index contributed by atoms with van der Waals surface area (Å²) in [7, 11) is 0. The van der Waals surface area contributed by atoms with Crippen LogP contribution >= 0.6 is 15.9 Å². The molecular weight excluding hydrogens is 370 g/mol. The largest absolute Gasteiger partial charge is 0.379 e. The summed E-state index contributed by atoms with van der Waals surface area (Å²) in [6, 6.07) is 10.0. The van der Waals surface area contributed by atoms with E-state index in [2.05, 4.69) is 37.5 Å². The quantitative estimate of drug-likeness (QED) is 0.851. The van der Waals surface area contributed by atoms with Crippen molar-refractivity contribution in [2.75, 3.05) is 32.8 Å². The third-order valence-electron chi connectivity index (χ3n) is 4.50. The molecule has 24 heavy (non-hydrogen) atoms. The maximum absolute atomic E-state index is 11.8. The number of carbonyl (C=O) groups is 1. The standard InChI is InChI=1S/C18H22BrN3O2/c1-13-16(18(20)23)12-17(14-3-2-4-15(19)11-14)22(13)6-5-21-7-9-24-10-8-21/h2-4,11-12H,5-10H2,1H3,(H2,20,23). The second kappa shape index (κ2) is 7.51. The molecule has 2 aromatic rings. The minimum absolute atomic E-state index is 0.381. The summed E-state index contributed by atoms with van der Waals surface area (Å²) in [6.45, 7) is 7.19. The van der Waals surface area contributed by atoms with Crippen molar-refractivity contribution in [2.24, 2.45) is 5.73 Å².